The van der Waals surface area contributed by atoms with Crippen molar-refractivity contribution in [2.24, 2.45) is 4.30 Å². The number of nitrogens with zero attached hydrogens (tertiary/aromatic N) is 1. The quantitative estimate of drug-likeness (QED) is 0.0242. The molecule has 0 unspecified atom stereocenters. The van der Waals surface area contributed by atoms with Crippen molar-refractivity contribution in [1.82, 2.24) is 0 Å². The van der Waals surface area contributed by atoms with Crippen molar-refractivity contribution < 1.29 is 24.7 Å². The zero-order valence-corrected chi connectivity index (χ0v) is 52.8. The average Bonchev–Trinajstić information content (AvgIpc) is 4.29. The van der Waals surface area contributed by atoms with Gasteiger partial charge in [0.2, 0.25) is 0 Å². The van der Waals surface area contributed by atoms with E-state index in [1.165, 1.54) is 148 Å². The van der Waals surface area contributed by atoms with Gasteiger partial charge in [-0.2, -0.15) is 0 Å². The number of hydrogen-bond donors (Lipinski definition) is 1. The SMILES string of the molecule is CCCCCCCCOc1cc(-c2ccc(Br)s2)c(OCCCCCCCC)cc1-c1ccc(Br)s1.CCCCCCCCOc1cc(-c2cccs2)c(OCCCCCCCC)cc1-c1cccs1.[2H]CF.[B]=NS. The Morgan fingerprint density at radius 3 is 0.933 bits per heavy atom. The average molecular weight is 1250 g/mol. The van der Waals surface area contributed by atoms with Crippen LogP contribution in [0.5, 0.6) is 23.0 Å². The molecule has 14 heteroatoms. The van der Waals surface area contributed by atoms with Gasteiger partial charge in [0.05, 0.1) is 42.5 Å². The fourth-order valence-corrected chi connectivity index (χ4v) is 12.7. The third-order valence-electron chi connectivity index (χ3n) is 12.4. The van der Waals surface area contributed by atoms with Gasteiger partial charge in [0.1, 0.15) is 23.0 Å². The van der Waals surface area contributed by atoms with Crippen molar-refractivity contribution in [2.75, 3.05) is 33.6 Å². The number of thiol groups is 1. The summed E-state index contributed by atoms with van der Waals surface area (Å²) in [5.74, 6) is 3.85. The first kappa shape index (κ1) is 65.1. The standard InChI is InChI=1S/C30H40Br2O2S2.C30H42O2S2.CH3F.BHNS/c1-3-5-7-9-11-13-19-33-25-21-24(28-16-18-30(32)36-28)26(34-20-14-12-10-8-6-4-2)22-23(25)27-15-17-29(31)35-27;1-3-5-7-9-11-13-19-31-27-23-26(30-18-16-22-34-30)28(24-25(27)29-17-15-21-33-29)32-20-14-12-10-8-6-4-2;1-2;1-2-3/h15-18,21-22H,3-14,19-20H2,1-2H3;15-18,21-24H,3-14,19-20H2,1-2H3;1H3;3H/i;;1D;. The molecule has 0 aliphatic carbocycles. The molecule has 0 saturated heterocycles. The van der Waals surface area contributed by atoms with Crippen LogP contribution in [0.1, 0.15) is 183 Å². The van der Waals surface area contributed by atoms with Crippen LogP contribution < -0.4 is 18.9 Å². The first-order valence-corrected chi connectivity index (χ1v) is 33.0. The monoisotopic (exact) mass is 1250 g/mol. The van der Waals surface area contributed by atoms with Gasteiger partial charge in [-0.05, 0) is 129 Å². The van der Waals surface area contributed by atoms with E-state index in [0.717, 1.165) is 105 Å². The molecule has 0 N–H and O–H groups in total. The fraction of sp³-hybridized carbons (Fsp3) is 0.541. The van der Waals surface area contributed by atoms with Gasteiger partial charge in [-0.25, -0.2) is 0 Å². The Morgan fingerprint density at radius 1 is 0.453 bits per heavy atom. The van der Waals surface area contributed by atoms with Gasteiger partial charge in [-0.3, -0.25) is 4.39 Å². The molecule has 0 atom stereocenters. The minimum atomic E-state index is -1.00. The molecular formula is C61H86BBr2FNO4S5. The van der Waals surface area contributed by atoms with Crippen molar-refractivity contribution in [1.29, 1.82) is 0 Å². The Balaban J connectivity index is 0.000000363. The number of halogens is 3. The molecule has 4 heterocycles. The van der Waals surface area contributed by atoms with Gasteiger partial charge < -0.3 is 18.9 Å². The second-order valence-electron chi connectivity index (χ2n) is 18.4. The summed E-state index contributed by atoms with van der Waals surface area (Å²) in [6.07, 6.45) is 30.4. The second-order valence-corrected chi connectivity index (χ2v) is 25.5. The summed E-state index contributed by atoms with van der Waals surface area (Å²) in [5.41, 5.74) is 4.54. The topological polar surface area (TPSA) is 49.3 Å². The van der Waals surface area contributed by atoms with Crippen LogP contribution in [0.2, 0.25) is 0 Å². The third-order valence-corrected chi connectivity index (χ3v) is 17.6. The van der Waals surface area contributed by atoms with Crippen LogP contribution in [0.15, 0.2) is 95.4 Å². The molecule has 75 heavy (non-hydrogen) atoms. The summed E-state index contributed by atoms with van der Waals surface area (Å²) in [5, 5.41) is 4.27. The van der Waals surface area contributed by atoms with Crippen LogP contribution in [0.4, 0.5) is 4.39 Å². The molecule has 0 aliphatic heterocycles. The number of ether oxygens (including phenoxy) is 4. The second kappa shape index (κ2) is 43.4. The number of thiophene rings is 4. The molecule has 0 saturated carbocycles. The summed E-state index contributed by atoms with van der Waals surface area (Å²) in [7, 11) is 3.34. The van der Waals surface area contributed by atoms with Gasteiger partial charge >= 0.3 is 24.8 Å². The molecular weight excluding hydrogens is 1160 g/mol. The Labute approximate surface area is 493 Å². The van der Waals surface area contributed by atoms with E-state index in [2.05, 4.69) is 168 Å². The molecule has 0 amide bonds. The zero-order chi connectivity index (χ0) is 54.9. The van der Waals surface area contributed by atoms with Gasteiger partial charge in [-0.1, -0.05) is 168 Å². The molecule has 6 aromatic rings. The van der Waals surface area contributed by atoms with E-state index in [4.69, 9.17) is 20.3 Å². The first-order chi connectivity index (χ1) is 37.3. The Hall–Kier alpha value is -2.46. The van der Waals surface area contributed by atoms with Crippen LogP contribution in [0.25, 0.3) is 41.8 Å². The summed E-state index contributed by atoms with van der Waals surface area (Å²) < 4.78 is 46.1. The van der Waals surface area contributed by atoms with E-state index >= 15 is 0 Å². The van der Waals surface area contributed by atoms with Gasteiger partial charge in [-0.15, -0.1) is 45.3 Å². The fourth-order valence-electron chi connectivity index (χ4n) is 8.41. The first-order valence-electron chi connectivity index (χ1n) is 28.3. The Bertz CT molecular complexity index is 2190. The van der Waals surface area contributed by atoms with E-state index in [-0.39, 0.29) is 0 Å². The number of unbranched alkanes of at least 4 members (excludes halogenated alkanes) is 20. The van der Waals surface area contributed by atoms with Crippen molar-refractivity contribution >= 4 is 97.7 Å². The molecule has 413 valence electrons. The molecule has 4 aromatic heterocycles. The van der Waals surface area contributed by atoms with E-state index in [1.54, 1.807) is 45.3 Å². The van der Waals surface area contributed by atoms with Crippen LogP contribution in [-0.4, -0.2) is 41.2 Å². The van der Waals surface area contributed by atoms with E-state index in [9.17, 15) is 4.39 Å². The van der Waals surface area contributed by atoms with E-state index in [1.807, 2.05) is 0 Å². The molecule has 6 rings (SSSR count). The predicted molar refractivity (Wildman–Crippen MR) is 341 cm³/mol. The molecule has 0 spiro atoms. The number of alkyl halides is 1. The number of hydrogen-bond acceptors (Lipinski definition) is 10. The van der Waals surface area contributed by atoms with E-state index in [0.29, 0.717) is 0 Å². The minimum absolute atomic E-state index is 0.747. The van der Waals surface area contributed by atoms with Gasteiger partial charge in [0, 0.05) is 41.8 Å². The van der Waals surface area contributed by atoms with Crippen molar-refractivity contribution in [3.05, 3.63) is 91.1 Å². The zero-order valence-electron chi connectivity index (χ0n) is 46.5. The van der Waals surface area contributed by atoms with Crippen molar-refractivity contribution in [3.8, 4) is 64.8 Å². The molecule has 2 aromatic carbocycles. The number of rotatable bonds is 36. The Kier molecular flexibility index (Phi) is 37.7. The normalized spacial score (nSPS) is 10.8. The summed E-state index contributed by atoms with van der Waals surface area (Å²) in [4.78, 5) is 4.87. The summed E-state index contributed by atoms with van der Waals surface area (Å²) >= 11 is 17.5. The van der Waals surface area contributed by atoms with Gasteiger partial charge in [0.25, 0.3) is 0 Å². The van der Waals surface area contributed by atoms with E-state index < -0.39 is 7.15 Å². The molecule has 0 aliphatic rings. The van der Waals surface area contributed by atoms with Crippen LogP contribution >= 0.6 is 90.0 Å². The van der Waals surface area contributed by atoms with Crippen LogP contribution in [0, 0.1) is 0 Å². The molecule has 0 fully saturated rings. The molecule has 1 radical (unpaired) electrons. The van der Waals surface area contributed by atoms with Crippen LogP contribution in [0.3, 0.4) is 0 Å². The van der Waals surface area contributed by atoms with Crippen LogP contribution in [-0.2, 0) is 0 Å². The maximum absolute atomic E-state index is 9.96. The number of benzene rings is 2. The maximum atomic E-state index is 9.96. The van der Waals surface area contributed by atoms with Crippen molar-refractivity contribution in [2.45, 2.75) is 182 Å². The molecule has 0 bridgehead atoms. The van der Waals surface area contributed by atoms with Crippen molar-refractivity contribution in [3.63, 3.8) is 0 Å². The Morgan fingerprint density at radius 2 is 0.707 bits per heavy atom. The third kappa shape index (κ3) is 26.8. The summed E-state index contributed by atoms with van der Waals surface area (Å²) in [6, 6.07) is 26.0. The molecule has 5 nitrogen and oxygen atoms in total. The summed E-state index contributed by atoms with van der Waals surface area (Å²) in [6.45, 7) is 12.1. The predicted octanol–water partition coefficient (Wildman–Crippen LogP) is 23.5. The van der Waals surface area contributed by atoms with Gasteiger partial charge in [0.15, 0.2) is 0 Å².